The number of nitro benzene ring substituents is 1. The summed E-state index contributed by atoms with van der Waals surface area (Å²) in [4.78, 5) is 35.1. The van der Waals surface area contributed by atoms with Gasteiger partial charge in [-0.05, 0) is 6.07 Å². The molecule has 1 heterocycles. The number of aromatic carboxylic acids is 1. The minimum absolute atomic E-state index is 0.0118. The minimum atomic E-state index is -1.42. The molecule has 2 rings (SSSR count). The van der Waals surface area contributed by atoms with E-state index in [1.807, 2.05) is 0 Å². The lowest BCUT2D eigenvalue weighted by atomic mass is 10.1. The molecule has 0 unspecified atom stereocenters. The fourth-order valence-corrected chi connectivity index (χ4v) is 1.79. The number of nitrogens with one attached hydrogen (secondary N) is 1. The number of nitro groups is 1. The largest absolute Gasteiger partial charge is 0.477 e. The smallest absolute Gasteiger partial charge is 0.341 e. The Kier molecular flexibility index (Phi) is 2.76. The normalized spacial score (nSPS) is 10.5. The number of aromatic amines is 1. The molecule has 2 N–H and O–H groups in total. The number of rotatable bonds is 2. The predicted molar refractivity (Wildman–Crippen MR) is 63.2 cm³/mol. The van der Waals surface area contributed by atoms with Gasteiger partial charge in [-0.2, -0.15) is 0 Å². The van der Waals surface area contributed by atoms with Gasteiger partial charge in [-0.1, -0.05) is 11.6 Å². The van der Waals surface area contributed by atoms with Crippen molar-refractivity contribution in [1.82, 2.24) is 4.98 Å². The zero-order valence-corrected chi connectivity index (χ0v) is 9.39. The van der Waals surface area contributed by atoms with Crippen LogP contribution in [0, 0.1) is 10.1 Å². The van der Waals surface area contributed by atoms with E-state index in [0.717, 1.165) is 12.3 Å². The minimum Gasteiger partial charge on any atom is -0.477 e. The number of fused-ring (bicyclic) bond motifs is 1. The predicted octanol–water partition coefficient (Wildman–Crippen LogP) is 1.79. The van der Waals surface area contributed by atoms with Crippen LogP contribution in [0.3, 0.4) is 0 Å². The molecule has 0 spiro atoms. The van der Waals surface area contributed by atoms with Gasteiger partial charge in [0.2, 0.25) is 5.43 Å². The highest BCUT2D eigenvalue weighted by Crippen LogP contribution is 2.26. The van der Waals surface area contributed by atoms with Crippen LogP contribution in [-0.4, -0.2) is 21.0 Å². The lowest BCUT2D eigenvalue weighted by Crippen LogP contribution is -2.15. The first-order chi connectivity index (χ1) is 8.41. The summed E-state index contributed by atoms with van der Waals surface area (Å²) < 4.78 is 0. The molecule has 7 nitrogen and oxygen atoms in total. The highest BCUT2D eigenvalue weighted by atomic mass is 35.5. The highest BCUT2D eigenvalue weighted by molar-refractivity contribution is 6.31. The number of halogens is 1. The van der Waals surface area contributed by atoms with Crippen LogP contribution in [0.1, 0.15) is 10.4 Å². The van der Waals surface area contributed by atoms with Crippen LogP contribution < -0.4 is 5.43 Å². The maximum Gasteiger partial charge on any atom is 0.341 e. The van der Waals surface area contributed by atoms with E-state index >= 15 is 0 Å². The number of H-pyrrole nitrogens is 1. The van der Waals surface area contributed by atoms with Crippen molar-refractivity contribution in [1.29, 1.82) is 0 Å². The van der Waals surface area contributed by atoms with Crippen LogP contribution in [-0.2, 0) is 0 Å². The average Bonchev–Trinajstić information content (AvgIpc) is 2.28. The second-order valence-corrected chi connectivity index (χ2v) is 3.88. The third-order valence-corrected chi connectivity index (χ3v) is 2.58. The van der Waals surface area contributed by atoms with Gasteiger partial charge in [-0.25, -0.2) is 4.79 Å². The molecule has 0 saturated carbocycles. The van der Waals surface area contributed by atoms with Gasteiger partial charge in [0.15, 0.2) is 0 Å². The Labute approximate surface area is 104 Å². The molecule has 8 heteroatoms. The molecule has 18 heavy (non-hydrogen) atoms. The lowest BCUT2D eigenvalue weighted by molar-refractivity contribution is -0.383. The first-order valence-electron chi connectivity index (χ1n) is 4.64. The Morgan fingerprint density at radius 3 is 2.67 bits per heavy atom. The number of aromatic nitrogens is 1. The van der Waals surface area contributed by atoms with Crippen molar-refractivity contribution < 1.29 is 14.8 Å². The quantitative estimate of drug-likeness (QED) is 0.636. The van der Waals surface area contributed by atoms with E-state index in [2.05, 4.69) is 4.98 Å². The van der Waals surface area contributed by atoms with Crippen molar-refractivity contribution in [2.24, 2.45) is 0 Å². The Bertz CT molecular complexity index is 737. The van der Waals surface area contributed by atoms with E-state index in [1.54, 1.807) is 0 Å². The van der Waals surface area contributed by atoms with E-state index in [1.165, 1.54) is 6.07 Å². The molecule has 0 amide bonds. The van der Waals surface area contributed by atoms with Crippen LogP contribution in [0.25, 0.3) is 10.9 Å². The molecule has 0 radical (unpaired) electrons. The second-order valence-electron chi connectivity index (χ2n) is 3.44. The SMILES string of the molecule is O=C(O)c1c[nH]c2c([N+](=O)[O-])cc(Cl)cc2c1=O. The molecule has 1 aromatic carbocycles. The fraction of sp³-hybridized carbons (Fsp3) is 0. The van der Waals surface area contributed by atoms with Gasteiger partial charge in [0.25, 0.3) is 5.69 Å². The summed E-state index contributed by atoms with van der Waals surface area (Å²) in [6, 6.07) is 2.27. The average molecular weight is 269 g/mol. The van der Waals surface area contributed by atoms with Crippen LogP contribution in [0.5, 0.6) is 0 Å². The Morgan fingerprint density at radius 1 is 1.44 bits per heavy atom. The number of carboxylic acids is 1. The van der Waals surface area contributed by atoms with Crippen molar-refractivity contribution in [2.45, 2.75) is 0 Å². The number of hydrogen-bond acceptors (Lipinski definition) is 4. The maximum atomic E-state index is 11.8. The third-order valence-electron chi connectivity index (χ3n) is 2.36. The Hall–Kier alpha value is -2.41. The monoisotopic (exact) mass is 268 g/mol. The van der Waals surface area contributed by atoms with Crippen molar-refractivity contribution in [3.63, 3.8) is 0 Å². The summed E-state index contributed by atoms with van der Waals surface area (Å²) in [5.41, 5.74) is -1.76. The van der Waals surface area contributed by atoms with Crippen LogP contribution in [0.15, 0.2) is 23.1 Å². The summed E-state index contributed by atoms with van der Waals surface area (Å²) in [6.45, 7) is 0. The molecule has 0 bridgehead atoms. The zero-order chi connectivity index (χ0) is 13.4. The van der Waals surface area contributed by atoms with Gasteiger partial charge in [-0.3, -0.25) is 14.9 Å². The standard InChI is InChI=1S/C10H5ClN2O5/c11-4-1-5-8(7(2-4)13(17)18)12-3-6(9(5)14)10(15)16/h1-3H,(H,12,14)(H,15,16). The number of carbonyl (C=O) groups is 1. The number of carboxylic acid groups (broad SMARTS) is 1. The number of hydrogen-bond donors (Lipinski definition) is 2. The summed E-state index contributed by atoms with van der Waals surface area (Å²) in [6.07, 6.45) is 0.925. The number of benzene rings is 1. The van der Waals surface area contributed by atoms with E-state index in [-0.39, 0.29) is 21.6 Å². The molecule has 0 atom stereocenters. The van der Waals surface area contributed by atoms with E-state index < -0.39 is 21.9 Å². The summed E-state index contributed by atoms with van der Waals surface area (Å²) >= 11 is 5.67. The topological polar surface area (TPSA) is 113 Å². The van der Waals surface area contributed by atoms with Gasteiger partial charge in [0.05, 0.1) is 10.3 Å². The molecule has 0 aliphatic rings. The molecule has 92 valence electrons. The zero-order valence-electron chi connectivity index (χ0n) is 8.64. The third kappa shape index (κ3) is 1.80. The van der Waals surface area contributed by atoms with Gasteiger partial charge >= 0.3 is 5.97 Å². The first-order valence-corrected chi connectivity index (χ1v) is 5.02. The summed E-state index contributed by atoms with van der Waals surface area (Å²) in [7, 11) is 0. The molecule has 0 saturated heterocycles. The lowest BCUT2D eigenvalue weighted by Gasteiger charge is -2.02. The summed E-state index contributed by atoms with van der Waals surface area (Å²) in [5, 5.41) is 19.4. The van der Waals surface area contributed by atoms with Crippen molar-refractivity contribution in [3.05, 3.63) is 49.3 Å². The van der Waals surface area contributed by atoms with Gasteiger partial charge in [-0.15, -0.1) is 0 Å². The fourth-order valence-electron chi connectivity index (χ4n) is 1.58. The summed E-state index contributed by atoms with van der Waals surface area (Å²) in [5.74, 6) is -1.42. The van der Waals surface area contributed by atoms with Gasteiger partial charge in [0.1, 0.15) is 11.1 Å². The highest BCUT2D eigenvalue weighted by Gasteiger charge is 2.19. The maximum absolute atomic E-state index is 11.8. The molecule has 0 aliphatic carbocycles. The first kappa shape index (κ1) is 12.1. The number of nitrogens with zero attached hydrogens (tertiary/aromatic N) is 1. The van der Waals surface area contributed by atoms with Gasteiger partial charge < -0.3 is 10.1 Å². The molecule has 0 aliphatic heterocycles. The van der Waals surface area contributed by atoms with Crippen molar-refractivity contribution in [2.75, 3.05) is 0 Å². The van der Waals surface area contributed by atoms with E-state index in [9.17, 15) is 19.7 Å². The Morgan fingerprint density at radius 2 is 2.11 bits per heavy atom. The van der Waals surface area contributed by atoms with Crippen LogP contribution in [0.2, 0.25) is 5.02 Å². The van der Waals surface area contributed by atoms with Gasteiger partial charge in [0, 0.05) is 17.3 Å². The molecule has 1 aromatic heterocycles. The Balaban J connectivity index is 2.96. The van der Waals surface area contributed by atoms with E-state index in [0.29, 0.717) is 0 Å². The molecular weight excluding hydrogens is 264 g/mol. The second kappa shape index (κ2) is 4.11. The van der Waals surface area contributed by atoms with Crippen molar-refractivity contribution in [3.8, 4) is 0 Å². The number of pyridine rings is 1. The van der Waals surface area contributed by atoms with Crippen molar-refractivity contribution >= 4 is 34.2 Å². The molecular formula is C10H5ClN2O5. The molecule has 0 fully saturated rings. The number of non-ortho nitro benzene ring substituents is 1. The molecule has 2 aromatic rings. The van der Waals surface area contributed by atoms with E-state index in [4.69, 9.17) is 16.7 Å². The van der Waals surface area contributed by atoms with Crippen LogP contribution in [0.4, 0.5) is 5.69 Å². The van der Waals surface area contributed by atoms with Crippen LogP contribution >= 0.6 is 11.6 Å².